The van der Waals surface area contributed by atoms with Crippen LogP contribution in [0.5, 0.6) is 5.75 Å². The topological polar surface area (TPSA) is 93.0 Å². The number of hydrogen-bond donors (Lipinski definition) is 2. The molecule has 1 amide bonds. The fraction of sp³-hybridized carbons (Fsp3) is 0.522. The highest BCUT2D eigenvalue weighted by Crippen LogP contribution is 2.23. The van der Waals surface area contributed by atoms with Crippen molar-refractivity contribution < 1.29 is 14.3 Å². The summed E-state index contributed by atoms with van der Waals surface area (Å²) in [7, 11) is 0. The predicted molar refractivity (Wildman–Crippen MR) is 125 cm³/mol. The molecule has 9 heteroatoms. The lowest BCUT2D eigenvalue weighted by Gasteiger charge is -2.24. The number of rotatable bonds is 4. The van der Waals surface area contributed by atoms with E-state index < -0.39 is 5.60 Å². The first-order valence-corrected chi connectivity index (χ1v) is 11.1. The van der Waals surface area contributed by atoms with E-state index in [0.29, 0.717) is 19.6 Å². The van der Waals surface area contributed by atoms with Gasteiger partial charge in [0.05, 0.1) is 29.7 Å². The third kappa shape index (κ3) is 5.15. The first-order valence-electron chi connectivity index (χ1n) is 11.1. The summed E-state index contributed by atoms with van der Waals surface area (Å²) in [5.74, 6) is 2.47. The van der Waals surface area contributed by atoms with E-state index in [-0.39, 0.29) is 18.2 Å². The fourth-order valence-electron chi connectivity index (χ4n) is 3.77. The van der Waals surface area contributed by atoms with Crippen LogP contribution in [0.15, 0.2) is 35.7 Å². The van der Waals surface area contributed by atoms with Gasteiger partial charge in [-0.2, -0.15) is 0 Å². The predicted octanol–water partition coefficient (Wildman–Crippen LogP) is 3.18. The van der Waals surface area contributed by atoms with E-state index >= 15 is 0 Å². The van der Waals surface area contributed by atoms with E-state index in [9.17, 15) is 4.79 Å². The van der Waals surface area contributed by atoms with Gasteiger partial charge in [0.25, 0.3) is 0 Å². The van der Waals surface area contributed by atoms with E-state index in [1.165, 1.54) is 0 Å². The van der Waals surface area contributed by atoms with Gasteiger partial charge in [-0.05, 0) is 53.2 Å². The average Bonchev–Trinajstić information content (AvgIpc) is 3.33. The Balaban J connectivity index is 1.45. The molecule has 2 aromatic rings. The van der Waals surface area contributed by atoms with Gasteiger partial charge in [-0.3, -0.25) is 9.56 Å². The zero-order chi connectivity index (χ0) is 22.9. The summed E-state index contributed by atoms with van der Waals surface area (Å²) in [6, 6.07) is 5.92. The number of imidazole rings is 1. The standard InChI is InChI=1S/C23H32N6O3/c1-15(2)31-17-6-7-18-19(10-17)29(14-25-18)21-12-24-11-20(27-21)26-16-8-9-28(13-16)22(30)32-23(3,4)5/h6-7,10,12,14-16,24H,8-9,11,13H2,1-5H3,(H,26,27)/t16-/m1/s1. The Hall–Kier alpha value is -3.23. The molecule has 1 fully saturated rings. The van der Waals surface area contributed by atoms with Crippen LogP contribution < -0.4 is 15.4 Å². The summed E-state index contributed by atoms with van der Waals surface area (Å²) in [6.45, 7) is 11.4. The SMILES string of the molecule is CC(C)Oc1ccc2ncn(C3=CNCC(=N[C@@H]4CCN(C(=O)OC(C)(C)C)C4)N3)c2c1. The van der Waals surface area contributed by atoms with Crippen molar-refractivity contribution in [2.45, 2.75) is 58.8 Å². The number of nitrogens with zero attached hydrogens (tertiary/aromatic N) is 4. The maximum Gasteiger partial charge on any atom is 0.410 e. The minimum atomic E-state index is -0.497. The highest BCUT2D eigenvalue weighted by atomic mass is 16.6. The number of ether oxygens (including phenoxy) is 2. The fourth-order valence-corrected chi connectivity index (χ4v) is 3.77. The van der Waals surface area contributed by atoms with Gasteiger partial charge in [0.15, 0.2) is 0 Å². The largest absolute Gasteiger partial charge is 0.491 e. The van der Waals surface area contributed by atoms with Crippen LogP contribution in [0.2, 0.25) is 0 Å². The van der Waals surface area contributed by atoms with Crippen LogP contribution in [0.1, 0.15) is 41.0 Å². The molecular formula is C23H32N6O3. The van der Waals surface area contributed by atoms with Crippen molar-refractivity contribution in [1.82, 2.24) is 25.1 Å². The highest BCUT2D eigenvalue weighted by Gasteiger charge is 2.30. The minimum absolute atomic E-state index is 0.0387. The lowest BCUT2D eigenvalue weighted by atomic mass is 10.2. The average molecular weight is 441 g/mol. The first-order chi connectivity index (χ1) is 15.2. The quantitative estimate of drug-likeness (QED) is 0.759. The molecule has 172 valence electrons. The summed E-state index contributed by atoms with van der Waals surface area (Å²) in [4.78, 5) is 23.4. The van der Waals surface area contributed by atoms with Crippen LogP contribution in [-0.4, -0.2) is 63.8 Å². The Kier molecular flexibility index (Phi) is 5.99. The first kappa shape index (κ1) is 22.0. The van der Waals surface area contributed by atoms with Gasteiger partial charge in [0.1, 0.15) is 29.3 Å². The second kappa shape index (κ2) is 8.72. The molecule has 0 bridgehead atoms. The van der Waals surface area contributed by atoms with Crippen LogP contribution in [0.3, 0.4) is 0 Å². The molecule has 0 spiro atoms. The smallest absolute Gasteiger partial charge is 0.410 e. The Morgan fingerprint density at radius 3 is 2.88 bits per heavy atom. The summed E-state index contributed by atoms with van der Waals surface area (Å²) in [6.07, 6.45) is 4.33. The molecule has 32 heavy (non-hydrogen) atoms. The normalized spacial score (nSPS) is 20.3. The lowest BCUT2D eigenvalue weighted by molar-refractivity contribution is 0.0293. The molecule has 9 nitrogen and oxygen atoms in total. The number of amidine groups is 1. The number of carbonyl (C=O) groups excluding carboxylic acids is 1. The van der Waals surface area contributed by atoms with Crippen LogP contribution in [-0.2, 0) is 4.74 Å². The van der Waals surface area contributed by atoms with Crippen molar-refractivity contribution in [2.75, 3.05) is 19.6 Å². The molecule has 0 aliphatic carbocycles. The Morgan fingerprint density at radius 2 is 2.12 bits per heavy atom. The van der Waals surface area contributed by atoms with Crippen LogP contribution in [0.25, 0.3) is 16.9 Å². The van der Waals surface area contributed by atoms with Crippen molar-refractivity contribution in [3.05, 3.63) is 30.7 Å². The molecule has 2 aliphatic rings. The molecular weight excluding hydrogens is 408 g/mol. The summed E-state index contributed by atoms with van der Waals surface area (Å²) in [5, 5.41) is 6.70. The molecule has 3 heterocycles. The monoisotopic (exact) mass is 440 g/mol. The Morgan fingerprint density at radius 1 is 1.31 bits per heavy atom. The molecule has 1 saturated heterocycles. The van der Waals surface area contributed by atoms with E-state index in [1.54, 1.807) is 11.2 Å². The maximum absolute atomic E-state index is 12.3. The van der Waals surface area contributed by atoms with E-state index in [2.05, 4.69) is 15.6 Å². The molecule has 0 unspecified atom stereocenters. The van der Waals surface area contributed by atoms with Crippen molar-refractivity contribution in [2.24, 2.45) is 4.99 Å². The zero-order valence-corrected chi connectivity index (χ0v) is 19.4. The van der Waals surface area contributed by atoms with Crippen molar-refractivity contribution in [1.29, 1.82) is 0 Å². The molecule has 1 aromatic carbocycles. The van der Waals surface area contributed by atoms with Gasteiger partial charge in [0.2, 0.25) is 0 Å². The van der Waals surface area contributed by atoms with Gasteiger partial charge >= 0.3 is 6.09 Å². The second-order valence-corrected chi connectivity index (χ2v) is 9.41. The summed E-state index contributed by atoms with van der Waals surface area (Å²) >= 11 is 0. The van der Waals surface area contributed by atoms with Crippen molar-refractivity contribution >= 4 is 28.8 Å². The number of aliphatic imine (C=N–C) groups is 1. The minimum Gasteiger partial charge on any atom is -0.491 e. The number of hydrogen-bond acceptors (Lipinski definition) is 6. The van der Waals surface area contributed by atoms with Crippen LogP contribution in [0.4, 0.5) is 4.79 Å². The van der Waals surface area contributed by atoms with Crippen molar-refractivity contribution in [3.63, 3.8) is 0 Å². The zero-order valence-electron chi connectivity index (χ0n) is 19.4. The highest BCUT2D eigenvalue weighted by molar-refractivity contribution is 5.93. The third-order valence-electron chi connectivity index (χ3n) is 5.08. The third-order valence-corrected chi connectivity index (χ3v) is 5.08. The number of fused-ring (bicyclic) bond motifs is 1. The molecule has 0 radical (unpaired) electrons. The van der Waals surface area contributed by atoms with E-state index in [0.717, 1.165) is 34.9 Å². The number of likely N-dealkylation sites (tertiary alicyclic amines) is 1. The second-order valence-electron chi connectivity index (χ2n) is 9.41. The molecule has 2 aliphatic heterocycles. The van der Waals surface area contributed by atoms with Gasteiger partial charge in [-0.1, -0.05) is 0 Å². The maximum atomic E-state index is 12.3. The van der Waals surface area contributed by atoms with Crippen molar-refractivity contribution in [3.8, 4) is 5.75 Å². The van der Waals surface area contributed by atoms with Crippen LogP contribution >= 0.6 is 0 Å². The van der Waals surface area contributed by atoms with Crippen LogP contribution in [0, 0.1) is 0 Å². The number of benzene rings is 1. The molecule has 0 saturated carbocycles. The van der Waals surface area contributed by atoms with Gasteiger partial charge in [-0.15, -0.1) is 0 Å². The molecule has 1 atom stereocenters. The van der Waals surface area contributed by atoms with E-state index in [4.69, 9.17) is 14.5 Å². The lowest BCUT2D eigenvalue weighted by Crippen LogP contribution is -2.39. The molecule has 4 rings (SSSR count). The summed E-state index contributed by atoms with van der Waals surface area (Å²) in [5.41, 5.74) is 1.34. The Bertz CT molecular complexity index is 1050. The summed E-state index contributed by atoms with van der Waals surface area (Å²) < 4.78 is 13.3. The number of nitrogens with one attached hydrogen (secondary N) is 2. The number of aromatic nitrogens is 2. The van der Waals surface area contributed by atoms with E-state index in [1.807, 2.05) is 63.6 Å². The number of carbonyl (C=O) groups is 1. The number of amides is 1. The Labute approximate surface area is 188 Å². The van der Waals surface area contributed by atoms with Gasteiger partial charge in [0, 0.05) is 25.4 Å². The molecule has 1 aromatic heterocycles. The molecule has 2 N–H and O–H groups in total. The van der Waals surface area contributed by atoms with Gasteiger partial charge < -0.3 is 25.0 Å². The van der Waals surface area contributed by atoms with Gasteiger partial charge in [-0.25, -0.2) is 9.78 Å².